The van der Waals surface area contributed by atoms with Gasteiger partial charge < -0.3 is 5.32 Å². The smallest absolute Gasteiger partial charge is 0.231 e. The maximum absolute atomic E-state index is 12.0. The van der Waals surface area contributed by atoms with Crippen LogP contribution in [0, 0.1) is 0 Å². The summed E-state index contributed by atoms with van der Waals surface area (Å²) in [6.07, 6.45) is 7.20. The molecule has 1 amide bonds. The van der Waals surface area contributed by atoms with E-state index in [0.29, 0.717) is 6.42 Å². The zero-order valence-electron chi connectivity index (χ0n) is 13.2. The largest absolute Gasteiger partial charge is 0.326 e. The second-order valence-corrected chi connectivity index (χ2v) is 8.13. The van der Waals surface area contributed by atoms with E-state index in [1.165, 1.54) is 32.1 Å². The van der Waals surface area contributed by atoms with Crippen molar-refractivity contribution in [3.63, 3.8) is 0 Å². The van der Waals surface area contributed by atoms with E-state index in [2.05, 4.69) is 15.7 Å². The molecule has 1 fully saturated rings. The third-order valence-electron chi connectivity index (χ3n) is 3.99. The first-order chi connectivity index (χ1) is 11.3. The highest BCUT2D eigenvalue weighted by Gasteiger charge is 2.15. The molecule has 0 bridgehead atoms. The number of aromatic nitrogens is 1. The Balaban J connectivity index is 1.46. The highest BCUT2D eigenvalue weighted by molar-refractivity contribution is 7.99. The SMILES string of the molecule is O=C(Cc1nc(CSC2CCCCC2)cs1)Nc1ccccc1. The minimum atomic E-state index is -0.00275. The van der Waals surface area contributed by atoms with Crippen molar-refractivity contribution in [3.05, 3.63) is 46.4 Å². The van der Waals surface area contributed by atoms with Crippen molar-refractivity contribution in [2.45, 2.75) is 49.5 Å². The lowest BCUT2D eigenvalue weighted by atomic mass is 10.0. The van der Waals surface area contributed by atoms with Gasteiger partial charge in [0.15, 0.2) is 0 Å². The van der Waals surface area contributed by atoms with Crippen LogP contribution in [0.25, 0.3) is 0 Å². The first-order valence-corrected chi connectivity index (χ1v) is 10.1. The number of carbonyl (C=O) groups is 1. The summed E-state index contributed by atoms with van der Waals surface area (Å²) >= 11 is 3.62. The summed E-state index contributed by atoms with van der Waals surface area (Å²) in [5.74, 6) is 0.971. The van der Waals surface area contributed by atoms with Crippen LogP contribution in [0.15, 0.2) is 35.7 Å². The zero-order valence-corrected chi connectivity index (χ0v) is 14.8. The van der Waals surface area contributed by atoms with Crippen molar-refractivity contribution >= 4 is 34.7 Å². The van der Waals surface area contributed by atoms with Crippen molar-refractivity contribution in [1.82, 2.24) is 4.98 Å². The Morgan fingerprint density at radius 2 is 2.00 bits per heavy atom. The Labute approximate surface area is 145 Å². The normalized spacial score (nSPS) is 15.5. The fourth-order valence-electron chi connectivity index (χ4n) is 2.80. The third-order valence-corrected chi connectivity index (χ3v) is 6.29. The molecule has 0 unspecified atom stereocenters. The second-order valence-electron chi connectivity index (χ2n) is 5.89. The molecule has 1 N–H and O–H groups in total. The topological polar surface area (TPSA) is 42.0 Å². The van der Waals surface area contributed by atoms with Crippen molar-refractivity contribution in [2.75, 3.05) is 5.32 Å². The molecule has 5 heteroatoms. The summed E-state index contributed by atoms with van der Waals surface area (Å²) in [7, 11) is 0. The van der Waals surface area contributed by atoms with Crippen LogP contribution in [0.3, 0.4) is 0 Å². The molecule has 1 aromatic heterocycles. The Morgan fingerprint density at radius 3 is 2.78 bits per heavy atom. The highest BCUT2D eigenvalue weighted by Crippen LogP contribution is 2.30. The van der Waals surface area contributed by atoms with Gasteiger partial charge in [0.05, 0.1) is 12.1 Å². The zero-order chi connectivity index (χ0) is 15.9. The summed E-state index contributed by atoms with van der Waals surface area (Å²) in [4.78, 5) is 16.7. The molecule has 3 nitrogen and oxygen atoms in total. The predicted octanol–water partition coefficient (Wildman–Crippen LogP) is 4.89. The molecule has 3 rings (SSSR count). The van der Waals surface area contributed by atoms with Gasteiger partial charge in [-0.3, -0.25) is 4.79 Å². The molecule has 0 radical (unpaired) electrons. The number of para-hydroxylation sites is 1. The van der Waals surface area contributed by atoms with E-state index in [4.69, 9.17) is 0 Å². The summed E-state index contributed by atoms with van der Waals surface area (Å²) in [6.45, 7) is 0. The summed E-state index contributed by atoms with van der Waals surface area (Å²) in [6, 6.07) is 9.56. The molecule has 1 aromatic carbocycles. The van der Waals surface area contributed by atoms with Crippen molar-refractivity contribution in [2.24, 2.45) is 0 Å². The van der Waals surface area contributed by atoms with Gasteiger partial charge >= 0.3 is 0 Å². The Kier molecular flexibility index (Phi) is 6.11. The van der Waals surface area contributed by atoms with Crippen LogP contribution in [0.4, 0.5) is 5.69 Å². The van der Waals surface area contributed by atoms with Crippen LogP contribution in [-0.4, -0.2) is 16.1 Å². The Hall–Kier alpha value is -1.33. The predicted molar refractivity (Wildman–Crippen MR) is 99.1 cm³/mol. The number of nitrogens with zero attached hydrogens (tertiary/aromatic N) is 1. The van der Waals surface area contributed by atoms with E-state index in [1.807, 2.05) is 42.1 Å². The van der Waals surface area contributed by atoms with Gasteiger partial charge in [0.1, 0.15) is 5.01 Å². The number of carbonyl (C=O) groups excluding carboxylic acids is 1. The number of rotatable bonds is 6. The van der Waals surface area contributed by atoms with Gasteiger partial charge in [-0.15, -0.1) is 11.3 Å². The van der Waals surface area contributed by atoms with Gasteiger partial charge in [-0.25, -0.2) is 4.98 Å². The molecule has 2 aromatic rings. The second kappa shape index (κ2) is 8.50. The van der Waals surface area contributed by atoms with E-state index >= 15 is 0 Å². The lowest BCUT2D eigenvalue weighted by Gasteiger charge is -2.20. The molecule has 1 heterocycles. The first-order valence-electron chi connectivity index (χ1n) is 8.19. The molecule has 0 aliphatic heterocycles. The molecule has 0 spiro atoms. The van der Waals surface area contributed by atoms with Gasteiger partial charge in [0.25, 0.3) is 0 Å². The van der Waals surface area contributed by atoms with Crippen LogP contribution >= 0.6 is 23.1 Å². The number of benzene rings is 1. The molecule has 0 atom stereocenters. The summed E-state index contributed by atoms with van der Waals surface area (Å²) in [5.41, 5.74) is 1.95. The number of nitrogens with one attached hydrogen (secondary N) is 1. The van der Waals surface area contributed by atoms with E-state index in [-0.39, 0.29) is 5.91 Å². The van der Waals surface area contributed by atoms with Gasteiger partial charge in [0.2, 0.25) is 5.91 Å². The quantitative estimate of drug-likeness (QED) is 0.809. The third kappa shape index (κ3) is 5.36. The average molecular weight is 347 g/mol. The van der Waals surface area contributed by atoms with Crippen LogP contribution < -0.4 is 5.32 Å². The van der Waals surface area contributed by atoms with E-state index < -0.39 is 0 Å². The number of hydrogen-bond acceptors (Lipinski definition) is 4. The maximum Gasteiger partial charge on any atom is 0.231 e. The molecule has 1 aliphatic rings. The monoisotopic (exact) mass is 346 g/mol. The van der Waals surface area contributed by atoms with Crippen LogP contribution in [0.1, 0.15) is 42.8 Å². The minimum Gasteiger partial charge on any atom is -0.326 e. The molecule has 23 heavy (non-hydrogen) atoms. The fourth-order valence-corrected chi connectivity index (χ4v) is 4.91. The fraction of sp³-hybridized carbons (Fsp3) is 0.444. The average Bonchev–Trinajstić information content (AvgIpc) is 3.02. The van der Waals surface area contributed by atoms with E-state index in [9.17, 15) is 4.79 Å². The van der Waals surface area contributed by atoms with Gasteiger partial charge in [-0.05, 0) is 25.0 Å². The van der Waals surface area contributed by atoms with Crippen LogP contribution in [0.2, 0.25) is 0 Å². The number of thioether (sulfide) groups is 1. The molecule has 122 valence electrons. The Bertz CT molecular complexity index is 621. The van der Waals surface area contributed by atoms with Gasteiger partial charge in [-0.1, -0.05) is 37.5 Å². The van der Waals surface area contributed by atoms with Crippen LogP contribution in [-0.2, 0) is 17.0 Å². The van der Waals surface area contributed by atoms with Crippen molar-refractivity contribution < 1.29 is 4.79 Å². The van der Waals surface area contributed by atoms with E-state index in [0.717, 1.165) is 27.4 Å². The number of thiazole rings is 1. The summed E-state index contributed by atoms with van der Waals surface area (Å²) < 4.78 is 0. The molecule has 0 saturated heterocycles. The lowest BCUT2D eigenvalue weighted by molar-refractivity contribution is -0.115. The molecule has 1 saturated carbocycles. The maximum atomic E-state index is 12.0. The first kappa shape index (κ1) is 16.5. The van der Waals surface area contributed by atoms with Crippen molar-refractivity contribution in [3.8, 4) is 0 Å². The van der Waals surface area contributed by atoms with Gasteiger partial charge in [0, 0.05) is 22.1 Å². The molecular weight excluding hydrogens is 324 g/mol. The number of hydrogen-bond donors (Lipinski definition) is 1. The molecule has 1 aliphatic carbocycles. The highest BCUT2D eigenvalue weighted by atomic mass is 32.2. The van der Waals surface area contributed by atoms with Crippen molar-refractivity contribution in [1.29, 1.82) is 0 Å². The number of amides is 1. The minimum absolute atomic E-state index is 0.00275. The van der Waals surface area contributed by atoms with Gasteiger partial charge in [-0.2, -0.15) is 11.8 Å². The standard InChI is InChI=1S/C18H22N2OS2/c21-17(19-14-7-3-1-4-8-14)11-18-20-15(13-23-18)12-22-16-9-5-2-6-10-16/h1,3-4,7-8,13,16H,2,5-6,9-12H2,(H,19,21). The van der Waals surface area contributed by atoms with E-state index in [1.54, 1.807) is 11.3 Å². The molecular formula is C18H22N2OS2. The van der Waals surface area contributed by atoms with Crippen LogP contribution in [0.5, 0.6) is 0 Å². The summed E-state index contributed by atoms with van der Waals surface area (Å²) in [5, 5.41) is 6.71. The Morgan fingerprint density at radius 1 is 1.22 bits per heavy atom. The lowest BCUT2D eigenvalue weighted by Crippen LogP contribution is -2.14. The number of anilines is 1.